The first-order chi connectivity index (χ1) is 13.6. The highest BCUT2D eigenvalue weighted by Crippen LogP contribution is 2.60. The van der Waals surface area contributed by atoms with Crippen LogP contribution in [0.25, 0.3) is 0 Å². The first kappa shape index (κ1) is 18.2. The van der Waals surface area contributed by atoms with E-state index in [-0.39, 0.29) is 17.2 Å². The minimum absolute atomic E-state index is 0.00687. The Morgan fingerprint density at radius 2 is 1.54 bits per heavy atom. The smallest absolute Gasteiger partial charge is 0.249 e. The SMILES string of the molecule is O=C([C@@H](NC(=O)C12CC3CC(CC(C3)C1)C2)c1ccccc1)N1CCOCC1. The third-order valence-corrected chi connectivity index (χ3v) is 7.50. The predicted molar refractivity (Wildman–Crippen MR) is 105 cm³/mol. The quantitative estimate of drug-likeness (QED) is 0.871. The normalized spacial score (nSPS) is 34.9. The lowest BCUT2D eigenvalue weighted by Crippen LogP contribution is -2.56. The highest BCUT2D eigenvalue weighted by Gasteiger charge is 2.55. The van der Waals surface area contributed by atoms with Crippen molar-refractivity contribution in [3.63, 3.8) is 0 Å². The molecule has 1 aliphatic heterocycles. The fraction of sp³-hybridized carbons (Fsp3) is 0.652. The number of ether oxygens (including phenoxy) is 1. The molecular formula is C23H30N2O3. The van der Waals surface area contributed by atoms with Gasteiger partial charge < -0.3 is 15.0 Å². The number of rotatable bonds is 4. The maximum Gasteiger partial charge on any atom is 0.249 e. The van der Waals surface area contributed by atoms with Crippen molar-refractivity contribution in [2.24, 2.45) is 23.2 Å². The molecule has 0 aromatic heterocycles. The zero-order valence-corrected chi connectivity index (χ0v) is 16.4. The number of amides is 2. The lowest BCUT2D eigenvalue weighted by Gasteiger charge is -2.55. The first-order valence-electron chi connectivity index (χ1n) is 10.9. The van der Waals surface area contributed by atoms with Crippen molar-refractivity contribution in [2.75, 3.05) is 26.3 Å². The van der Waals surface area contributed by atoms with Crippen LogP contribution in [-0.2, 0) is 14.3 Å². The van der Waals surface area contributed by atoms with Gasteiger partial charge in [-0.25, -0.2) is 0 Å². The van der Waals surface area contributed by atoms with E-state index in [2.05, 4.69) is 5.32 Å². The van der Waals surface area contributed by atoms with E-state index >= 15 is 0 Å². The molecule has 5 heteroatoms. The molecule has 0 unspecified atom stereocenters. The van der Waals surface area contributed by atoms with Gasteiger partial charge in [-0.3, -0.25) is 9.59 Å². The van der Waals surface area contributed by atoms with E-state index in [1.165, 1.54) is 19.3 Å². The molecule has 2 amide bonds. The number of hydrogen-bond acceptors (Lipinski definition) is 3. The summed E-state index contributed by atoms with van der Waals surface area (Å²) in [6, 6.07) is 9.12. The molecule has 6 rings (SSSR count). The Morgan fingerprint density at radius 3 is 2.11 bits per heavy atom. The number of carbonyl (C=O) groups is 2. The number of nitrogens with zero attached hydrogens (tertiary/aromatic N) is 1. The zero-order valence-electron chi connectivity index (χ0n) is 16.4. The number of nitrogens with one attached hydrogen (secondary N) is 1. The molecule has 5 nitrogen and oxygen atoms in total. The Labute approximate surface area is 166 Å². The second-order valence-corrected chi connectivity index (χ2v) is 9.45. The van der Waals surface area contributed by atoms with E-state index < -0.39 is 6.04 Å². The summed E-state index contributed by atoms with van der Waals surface area (Å²) in [6.07, 6.45) is 6.96. The fourth-order valence-corrected chi connectivity index (χ4v) is 6.57. The molecule has 5 aliphatic rings. The van der Waals surface area contributed by atoms with Gasteiger partial charge in [-0.2, -0.15) is 0 Å². The van der Waals surface area contributed by atoms with Crippen LogP contribution in [-0.4, -0.2) is 43.0 Å². The highest BCUT2D eigenvalue weighted by atomic mass is 16.5. The standard InChI is InChI=1S/C23H30N2O3/c26-21(25-6-8-28-9-7-25)20(19-4-2-1-3-5-19)24-22(27)23-13-16-10-17(14-23)12-18(11-16)15-23/h1-5,16-18,20H,6-15H2,(H,24,27)/t16?,17?,18?,20-,23?/m0/s1. The van der Waals surface area contributed by atoms with Gasteiger partial charge in [0.15, 0.2) is 0 Å². The molecule has 1 aromatic rings. The summed E-state index contributed by atoms with van der Waals surface area (Å²) >= 11 is 0. The average Bonchev–Trinajstić information content (AvgIpc) is 2.71. The molecule has 1 saturated heterocycles. The van der Waals surface area contributed by atoms with E-state index in [9.17, 15) is 9.59 Å². The Morgan fingerprint density at radius 1 is 0.964 bits per heavy atom. The van der Waals surface area contributed by atoms with E-state index in [0.717, 1.165) is 24.8 Å². The fourth-order valence-electron chi connectivity index (χ4n) is 6.57. The molecule has 0 radical (unpaired) electrons. The second kappa shape index (κ2) is 7.18. The molecule has 5 fully saturated rings. The molecule has 0 spiro atoms. The Balaban J connectivity index is 1.38. The van der Waals surface area contributed by atoms with Gasteiger partial charge in [-0.15, -0.1) is 0 Å². The van der Waals surface area contributed by atoms with Crippen LogP contribution in [0.15, 0.2) is 30.3 Å². The minimum atomic E-state index is -0.597. The maximum absolute atomic E-state index is 13.6. The summed E-state index contributed by atoms with van der Waals surface area (Å²) in [7, 11) is 0. The summed E-state index contributed by atoms with van der Waals surface area (Å²) in [5.74, 6) is 2.24. The largest absolute Gasteiger partial charge is 0.378 e. The molecule has 4 aliphatic carbocycles. The summed E-state index contributed by atoms with van der Waals surface area (Å²) in [4.78, 5) is 28.7. The number of benzene rings is 1. The van der Waals surface area contributed by atoms with Crippen LogP contribution in [0.4, 0.5) is 0 Å². The molecule has 1 N–H and O–H groups in total. The third-order valence-electron chi connectivity index (χ3n) is 7.50. The lowest BCUT2D eigenvalue weighted by molar-refractivity contribution is -0.151. The van der Waals surface area contributed by atoms with E-state index in [1.807, 2.05) is 35.2 Å². The number of hydrogen-bond donors (Lipinski definition) is 1. The molecule has 1 atom stereocenters. The van der Waals surface area contributed by atoms with Crippen molar-refractivity contribution in [2.45, 2.75) is 44.6 Å². The van der Waals surface area contributed by atoms with Gasteiger partial charge in [0.1, 0.15) is 6.04 Å². The molecule has 4 saturated carbocycles. The number of carbonyl (C=O) groups excluding carboxylic acids is 2. The van der Waals surface area contributed by atoms with Crippen LogP contribution in [0.3, 0.4) is 0 Å². The van der Waals surface area contributed by atoms with Gasteiger partial charge in [0.25, 0.3) is 0 Å². The summed E-state index contributed by atoms with van der Waals surface area (Å²) in [6.45, 7) is 2.32. The summed E-state index contributed by atoms with van der Waals surface area (Å²) in [5, 5.41) is 3.22. The van der Waals surface area contributed by atoms with Crippen LogP contribution in [0.2, 0.25) is 0 Å². The van der Waals surface area contributed by atoms with Crippen LogP contribution in [0.1, 0.15) is 50.1 Å². The second-order valence-electron chi connectivity index (χ2n) is 9.45. The summed E-state index contributed by atoms with van der Waals surface area (Å²) < 4.78 is 5.40. The number of morpholine rings is 1. The maximum atomic E-state index is 13.6. The van der Waals surface area contributed by atoms with E-state index in [1.54, 1.807) is 0 Å². The van der Waals surface area contributed by atoms with Crippen LogP contribution >= 0.6 is 0 Å². The molecule has 1 aromatic carbocycles. The van der Waals surface area contributed by atoms with Crippen molar-refractivity contribution in [3.05, 3.63) is 35.9 Å². The minimum Gasteiger partial charge on any atom is -0.378 e. The monoisotopic (exact) mass is 382 g/mol. The Bertz CT molecular complexity index is 706. The first-order valence-corrected chi connectivity index (χ1v) is 10.9. The van der Waals surface area contributed by atoms with Gasteiger partial charge in [-0.1, -0.05) is 30.3 Å². The zero-order chi connectivity index (χ0) is 19.1. The Kier molecular flexibility index (Phi) is 4.66. The van der Waals surface area contributed by atoms with E-state index in [4.69, 9.17) is 4.74 Å². The van der Waals surface area contributed by atoms with Gasteiger partial charge in [0.2, 0.25) is 11.8 Å². The molecule has 150 valence electrons. The van der Waals surface area contributed by atoms with Crippen LogP contribution in [0, 0.1) is 23.2 Å². The van der Waals surface area contributed by atoms with Crippen molar-refractivity contribution < 1.29 is 14.3 Å². The van der Waals surface area contributed by atoms with E-state index in [0.29, 0.717) is 44.1 Å². The molecular weight excluding hydrogens is 352 g/mol. The van der Waals surface area contributed by atoms with Gasteiger partial charge in [0, 0.05) is 18.5 Å². The lowest BCUT2D eigenvalue weighted by atomic mass is 9.49. The van der Waals surface area contributed by atoms with Gasteiger partial charge >= 0.3 is 0 Å². The van der Waals surface area contributed by atoms with Crippen LogP contribution in [0.5, 0.6) is 0 Å². The van der Waals surface area contributed by atoms with Crippen molar-refractivity contribution in [1.82, 2.24) is 10.2 Å². The Hall–Kier alpha value is -1.88. The predicted octanol–water partition coefficient (Wildman–Crippen LogP) is 2.92. The van der Waals surface area contributed by atoms with Gasteiger partial charge in [0.05, 0.1) is 13.2 Å². The highest BCUT2D eigenvalue weighted by molar-refractivity contribution is 5.91. The van der Waals surface area contributed by atoms with Crippen molar-refractivity contribution in [3.8, 4) is 0 Å². The summed E-state index contributed by atoms with van der Waals surface area (Å²) in [5.41, 5.74) is 0.629. The van der Waals surface area contributed by atoms with Crippen molar-refractivity contribution in [1.29, 1.82) is 0 Å². The van der Waals surface area contributed by atoms with Crippen molar-refractivity contribution >= 4 is 11.8 Å². The topological polar surface area (TPSA) is 58.6 Å². The molecule has 28 heavy (non-hydrogen) atoms. The van der Waals surface area contributed by atoms with Gasteiger partial charge in [-0.05, 0) is 61.8 Å². The third kappa shape index (κ3) is 3.24. The average molecular weight is 383 g/mol. The molecule has 1 heterocycles. The van der Waals surface area contributed by atoms with Crippen LogP contribution < -0.4 is 5.32 Å². The molecule has 4 bridgehead atoms.